The molecule has 0 aromatic carbocycles. The van der Waals surface area contributed by atoms with E-state index in [0.717, 1.165) is 0 Å². The molecule has 0 spiro atoms. The highest BCUT2D eigenvalue weighted by molar-refractivity contribution is 9.07. The third kappa shape index (κ3) is 4.68. The van der Waals surface area contributed by atoms with Crippen molar-refractivity contribution in [2.75, 3.05) is 0 Å². The monoisotopic (exact) mass is 194 g/mol. The van der Waals surface area contributed by atoms with Crippen molar-refractivity contribution in [1.82, 2.24) is 0 Å². The van der Waals surface area contributed by atoms with Crippen molar-refractivity contribution in [3.63, 3.8) is 0 Å². The SMILES string of the molecule is O=S(=O)(Cl)OBr. The molecule has 0 unspecified atom stereocenters. The lowest BCUT2D eigenvalue weighted by Gasteiger charge is -1.76. The van der Waals surface area contributed by atoms with Gasteiger partial charge < -0.3 is 0 Å². The van der Waals surface area contributed by atoms with E-state index >= 15 is 0 Å². The Kier molecular flexibility index (Phi) is 2.35. The van der Waals surface area contributed by atoms with Crippen LogP contribution in [0.15, 0.2) is 0 Å². The van der Waals surface area contributed by atoms with Crippen LogP contribution in [0.5, 0.6) is 0 Å². The third-order valence-electron chi connectivity index (χ3n) is 0.0752. The van der Waals surface area contributed by atoms with Gasteiger partial charge in [-0.3, -0.25) is 0 Å². The average molecular weight is 195 g/mol. The Bertz CT molecular complexity index is 113. The van der Waals surface area contributed by atoms with Crippen molar-refractivity contribution >= 4 is 36.3 Å². The number of rotatable bonds is 1. The molecule has 6 heteroatoms. The van der Waals surface area contributed by atoms with Crippen LogP contribution in [0.25, 0.3) is 0 Å². The van der Waals surface area contributed by atoms with E-state index in [0.29, 0.717) is 0 Å². The summed E-state index contributed by atoms with van der Waals surface area (Å²) in [5.41, 5.74) is 0. The van der Waals surface area contributed by atoms with Gasteiger partial charge in [-0.1, -0.05) is 0 Å². The maximum absolute atomic E-state index is 9.50. The fourth-order valence-electron chi connectivity index (χ4n) is 0. The highest BCUT2D eigenvalue weighted by atomic mass is 79.9. The fourth-order valence-corrected chi connectivity index (χ4v) is 0. The highest BCUT2D eigenvalue weighted by Gasteiger charge is 1.97. The van der Waals surface area contributed by atoms with Crippen molar-refractivity contribution in [3.05, 3.63) is 0 Å². The van der Waals surface area contributed by atoms with E-state index < -0.39 is 9.33 Å². The standard InChI is InChI=1S/BrClO3S/c1-5-6(2,3)4. The molecule has 0 atom stereocenters. The quantitative estimate of drug-likeness (QED) is 0.581. The van der Waals surface area contributed by atoms with Crippen LogP contribution in [0.4, 0.5) is 0 Å². The topological polar surface area (TPSA) is 43.4 Å². The van der Waals surface area contributed by atoms with Crippen molar-refractivity contribution in [2.24, 2.45) is 0 Å². The maximum atomic E-state index is 9.50. The zero-order chi connectivity index (χ0) is 5.21. The van der Waals surface area contributed by atoms with Gasteiger partial charge >= 0.3 is 9.33 Å². The van der Waals surface area contributed by atoms with Crippen LogP contribution in [-0.4, -0.2) is 8.42 Å². The zero-order valence-corrected chi connectivity index (χ0v) is 5.55. The Morgan fingerprint density at radius 1 is 1.67 bits per heavy atom. The van der Waals surface area contributed by atoms with E-state index in [2.05, 4.69) is 30.2 Å². The van der Waals surface area contributed by atoms with Crippen LogP contribution in [0.3, 0.4) is 0 Å². The zero-order valence-electron chi connectivity index (χ0n) is 2.39. The molecule has 38 valence electrons. The van der Waals surface area contributed by atoms with Crippen LogP contribution in [0.1, 0.15) is 0 Å². The molecule has 0 aromatic rings. The smallest absolute Gasteiger partial charge is 0.181 e. The summed E-state index contributed by atoms with van der Waals surface area (Å²) < 4.78 is 22.5. The highest BCUT2D eigenvalue weighted by Crippen LogP contribution is 2.01. The molecule has 0 N–H and O–H groups in total. The molecule has 0 radical (unpaired) electrons. The lowest BCUT2D eigenvalue weighted by molar-refractivity contribution is 0.545. The number of hydrogen-bond donors (Lipinski definition) is 0. The third-order valence-corrected chi connectivity index (χ3v) is 1.92. The molecule has 0 bridgehead atoms. The molecule has 0 rings (SSSR count). The minimum atomic E-state index is -3.77. The van der Waals surface area contributed by atoms with Crippen LogP contribution in [0, 0.1) is 0 Å². The molecule has 0 saturated carbocycles. The van der Waals surface area contributed by atoms with Gasteiger partial charge in [0.25, 0.3) is 0 Å². The summed E-state index contributed by atoms with van der Waals surface area (Å²) in [5.74, 6) is 0. The second kappa shape index (κ2) is 2.11. The van der Waals surface area contributed by atoms with Crippen molar-refractivity contribution < 1.29 is 11.7 Å². The molecular formula is BrClO3S. The lowest BCUT2D eigenvalue weighted by atomic mass is 15.9. The number of halogens is 2. The Morgan fingerprint density at radius 2 is 1.83 bits per heavy atom. The van der Waals surface area contributed by atoms with Gasteiger partial charge in [-0.15, -0.1) is 0 Å². The van der Waals surface area contributed by atoms with Gasteiger partial charge in [0, 0.05) is 0 Å². The number of hydrogen-bond acceptors (Lipinski definition) is 3. The molecular weight excluding hydrogens is 195 g/mol. The van der Waals surface area contributed by atoms with E-state index in [1.807, 2.05) is 0 Å². The van der Waals surface area contributed by atoms with Gasteiger partial charge in [0.1, 0.15) is 16.3 Å². The van der Waals surface area contributed by atoms with Crippen molar-refractivity contribution in [3.8, 4) is 0 Å². The normalized spacial score (nSPS) is 11.7. The van der Waals surface area contributed by atoms with Crippen LogP contribution < -0.4 is 0 Å². The molecule has 0 fully saturated rings. The fraction of sp³-hybridized carbons (Fsp3) is 0. The molecule has 6 heavy (non-hydrogen) atoms. The summed E-state index contributed by atoms with van der Waals surface area (Å²) in [6.07, 6.45) is 0. The van der Waals surface area contributed by atoms with Gasteiger partial charge in [-0.05, 0) is 0 Å². The van der Waals surface area contributed by atoms with Gasteiger partial charge in [0.2, 0.25) is 0 Å². The largest absolute Gasteiger partial charge is 0.366 e. The molecule has 0 amide bonds. The van der Waals surface area contributed by atoms with E-state index in [-0.39, 0.29) is 0 Å². The molecule has 0 aliphatic heterocycles. The molecule has 3 nitrogen and oxygen atoms in total. The Balaban J connectivity index is 3.85. The Labute approximate surface area is 48.3 Å². The minimum absolute atomic E-state index is 2.15. The Morgan fingerprint density at radius 3 is 1.83 bits per heavy atom. The summed E-state index contributed by atoms with van der Waals surface area (Å²) in [5, 5.41) is 0. The first-order chi connectivity index (χ1) is 2.56. The van der Waals surface area contributed by atoms with Gasteiger partial charge in [-0.2, -0.15) is 11.7 Å². The van der Waals surface area contributed by atoms with Crippen LogP contribution >= 0.6 is 26.9 Å². The average Bonchev–Trinajstić information content (AvgIpc) is 1.35. The first-order valence-corrected chi connectivity index (χ1v) is 3.69. The second-order valence-electron chi connectivity index (χ2n) is 0.456. The summed E-state index contributed by atoms with van der Waals surface area (Å²) in [7, 11) is 0.648. The second-order valence-corrected chi connectivity index (χ2v) is 3.30. The minimum Gasteiger partial charge on any atom is -0.181 e. The van der Waals surface area contributed by atoms with Gasteiger partial charge in [-0.25, -0.2) is 0 Å². The van der Waals surface area contributed by atoms with Crippen molar-refractivity contribution in [2.45, 2.75) is 0 Å². The van der Waals surface area contributed by atoms with E-state index in [9.17, 15) is 8.42 Å². The van der Waals surface area contributed by atoms with Crippen LogP contribution in [-0.2, 0) is 12.6 Å². The molecule has 0 aliphatic rings. The van der Waals surface area contributed by atoms with Gasteiger partial charge in [0.15, 0.2) is 0 Å². The van der Waals surface area contributed by atoms with Gasteiger partial charge in [0.05, 0.1) is 10.7 Å². The molecule has 0 aromatic heterocycles. The first kappa shape index (κ1) is 6.68. The first-order valence-electron chi connectivity index (χ1n) is 0.809. The van der Waals surface area contributed by atoms with E-state index in [1.54, 1.807) is 0 Å². The Hall–Kier alpha value is 0.680. The summed E-state index contributed by atoms with van der Waals surface area (Å²) >= 11 is 2.15. The summed E-state index contributed by atoms with van der Waals surface area (Å²) in [6.45, 7) is 0. The van der Waals surface area contributed by atoms with E-state index in [4.69, 9.17) is 0 Å². The van der Waals surface area contributed by atoms with Crippen molar-refractivity contribution in [1.29, 1.82) is 0 Å². The molecule has 0 aliphatic carbocycles. The molecule has 0 saturated heterocycles. The summed E-state index contributed by atoms with van der Waals surface area (Å²) in [4.78, 5) is 0. The van der Waals surface area contributed by atoms with Crippen LogP contribution in [0.2, 0.25) is 0 Å². The van der Waals surface area contributed by atoms with E-state index in [1.165, 1.54) is 0 Å². The predicted octanol–water partition coefficient (Wildman–Crippen LogP) is 0.797. The molecule has 0 heterocycles. The lowest BCUT2D eigenvalue weighted by Crippen LogP contribution is -1.81. The predicted molar refractivity (Wildman–Crippen MR) is 24.8 cm³/mol. The summed E-state index contributed by atoms with van der Waals surface area (Å²) in [6, 6.07) is 0. The maximum Gasteiger partial charge on any atom is 0.366 e.